The lowest BCUT2D eigenvalue weighted by molar-refractivity contribution is 0.138. The van der Waals surface area contributed by atoms with E-state index in [0.717, 1.165) is 24.0 Å². The molecule has 22 heavy (non-hydrogen) atoms. The predicted molar refractivity (Wildman–Crippen MR) is 89.5 cm³/mol. The molecule has 1 atom stereocenters. The molecule has 0 aliphatic carbocycles. The van der Waals surface area contributed by atoms with Gasteiger partial charge in [-0.15, -0.1) is 0 Å². The number of aromatic nitrogens is 1. The van der Waals surface area contributed by atoms with Crippen molar-refractivity contribution in [2.75, 3.05) is 19.6 Å². The third kappa shape index (κ3) is 2.90. The van der Waals surface area contributed by atoms with Crippen molar-refractivity contribution in [1.29, 1.82) is 0 Å². The summed E-state index contributed by atoms with van der Waals surface area (Å²) in [4.78, 5) is 5.79. The maximum atomic E-state index is 13.6. The number of hydrogen-bond donors (Lipinski definition) is 2. The highest BCUT2D eigenvalue weighted by Crippen LogP contribution is 2.36. The topological polar surface area (TPSA) is 45.0 Å². The average Bonchev–Trinajstić information content (AvgIpc) is 2.92. The Hall–Kier alpha value is -1.39. The van der Waals surface area contributed by atoms with Crippen LogP contribution in [0, 0.1) is 11.7 Å². The van der Waals surface area contributed by atoms with Crippen LogP contribution in [0.25, 0.3) is 10.9 Å². The van der Waals surface area contributed by atoms with Gasteiger partial charge in [0.25, 0.3) is 0 Å². The van der Waals surface area contributed by atoms with Gasteiger partial charge < -0.3 is 15.6 Å². The number of fused-ring (bicyclic) bond motifs is 1. The number of aromatic amines is 1. The molecule has 1 aromatic carbocycles. The van der Waals surface area contributed by atoms with Gasteiger partial charge in [0, 0.05) is 29.1 Å². The zero-order chi connectivity index (χ0) is 15.7. The van der Waals surface area contributed by atoms with Gasteiger partial charge in [0.1, 0.15) is 5.82 Å². The summed E-state index contributed by atoms with van der Waals surface area (Å²) in [7, 11) is 0. The first-order valence-electron chi connectivity index (χ1n) is 8.30. The number of nitrogens with one attached hydrogen (secondary N) is 1. The van der Waals surface area contributed by atoms with E-state index in [4.69, 9.17) is 5.73 Å². The van der Waals surface area contributed by atoms with Crippen LogP contribution in [0.2, 0.25) is 0 Å². The summed E-state index contributed by atoms with van der Waals surface area (Å²) in [6.07, 6.45) is 4.36. The molecule has 2 heterocycles. The molecule has 2 aromatic rings. The van der Waals surface area contributed by atoms with Crippen molar-refractivity contribution in [3.8, 4) is 0 Å². The van der Waals surface area contributed by atoms with Crippen molar-refractivity contribution < 1.29 is 4.39 Å². The first kappa shape index (κ1) is 15.5. The molecule has 4 heteroatoms. The number of nitrogens with zero attached hydrogens (tertiary/aromatic N) is 1. The monoisotopic (exact) mass is 303 g/mol. The van der Waals surface area contributed by atoms with Gasteiger partial charge in [-0.3, -0.25) is 0 Å². The standard InChI is InChI=1S/C18H26FN3/c1-12(2)22-7-5-13(6-8-22)16(10-20)17-11-21-18-4-3-14(19)9-15(17)18/h3-4,9,11-13,16,21H,5-8,10,20H2,1-2H3. The smallest absolute Gasteiger partial charge is 0.123 e. The van der Waals surface area contributed by atoms with Gasteiger partial charge in [-0.1, -0.05) is 0 Å². The molecule has 0 radical (unpaired) electrons. The van der Waals surface area contributed by atoms with Crippen LogP contribution in [0.4, 0.5) is 4.39 Å². The molecule has 120 valence electrons. The second-order valence-electron chi connectivity index (χ2n) is 6.74. The van der Waals surface area contributed by atoms with Gasteiger partial charge in [0.05, 0.1) is 0 Å². The number of benzene rings is 1. The molecular formula is C18H26FN3. The van der Waals surface area contributed by atoms with E-state index in [9.17, 15) is 4.39 Å². The molecule has 1 aromatic heterocycles. The Bertz CT molecular complexity index is 626. The fourth-order valence-electron chi connectivity index (χ4n) is 3.83. The maximum absolute atomic E-state index is 13.6. The van der Waals surface area contributed by atoms with Gasteiger partial charge in [0.2, 0.25) is 0 Å². The van der Waals surface area contributed by atoms with E-state index in [0.29, 0.717) is 24.4 Å². The van der Waals surface area contributed by atoms with E-state index >= 15 is 0 Å². The van der Waals surface area contributed by atoms with E-state index in [-0.39, 0.29) is 5.82 Å². The zero-order valence-electron chi connectivity index (χ0n) is 13.5. The number of rotatable bonds is 4. The summed E-state index contributed by atoms with van der Waals surface area (Å²) in [5.41, 5.74) is 8.27. The van der Waals surface area contributed by atoms with Gasteiger partial charge >= 0.3 is 0 Å². The quantitative estimate of drug-likeness (QED) is 0.908. The Morgan fingerprint density at radius 3 is 2.68 bits per heavy atom. The molecular weight excluding hydrogens is 277 g/mol. The Balaban J connectivity index is 1.83. The van der Waals surface area contributed by atoms with Crippen molar-refractivity contribution in [1.82, 2.24) is 9.88 Å². The number of nitrogens with two attached hydrogens (primary N) is 1. The van der Waals surface area contributed by atoms with E-state index in [1.165, 1.54) is 24.5 Å². The zero-order valence-corrected chi connectivity index (χ0v) is 13.5. The van der Waals surface area contributed by atoms with Crippen LogP contribution >= 0.6 is 0 Å². The number of H-pyrrole nitrogens is 1. The Morgan fingerprint density at radius 2 is 2.05 bits per heavy atom. The van der Waals surface area contributed by atoms with Gasteiger partial charge in [0.15, 0.2) is 0 Å². The summed E-state index contributed by atoms with van der Waals surface area (Å²) in [5, 5.41) is 0.988. The van der Waals surface area contributed by atoms with Crippen molar-refractivity contribution >= 4 is 10.9 Å². The minimum atomic E-state index is -0.182. The number of piperidine rings is 1. The van der Waals surface area contributed by atoms with Crippen LogP contribution in [-0.4, -0.2) is 35.6 Å². The normalized spacial score (nSPS) is 19.1. The maximum Gasteiger partial charge on any atom is 0.123 e. The molecule has 1 fully saturated rings. The second-order valence-corrected chi connectivity index (χ2v) is 6.74. The van der Waals surface area contributed by atoms with Crippen molar-refractivity contribution in [3.05, 3.63) is 35.8 Å². The minimum Gasteiger partial charge on any atom is -0.361 e. The largest absolute Gasteiger partial charge is 0.361 e. The lowest BCUT2D eigenvalue weighted by Gasteiger charge is -2.37. The SMILES string of the molecule is CC(C)N1CCC(C(CN)c2c[nH]c3ccc(F)cc23)CC1. The number of halogens is 1. The van der Waals surface area contributed by atoms with Gasteiger partial charge in [-0.25, -0.2) is 4.39 Å². The number of hydrogen-bond acceptors (Lipinski definition) is 2. The van der Waals surface area contributed by atoms with Crippen molar-refractivity contribution in [2.24, 2.45) is 11.7 Å². The minimum absolute atomic E-state index is 0.182. The summed E-state index contributed by atoms with van der Waals surface area (Å²) in [6, 6.07) is 5.55. The highest BCUT2D eigenvalue weighted by molar-refractivity contribution is 5.83. The lowest BCUT2D eigenvalue weighted by Crippen LogP contribution is -2.40. The third-order valence-electron chi connectivity index (χ3n) is 5.20. The molecule has 0 bridgehead atoms. The highest BCUT2D eigenvalue weighted by atomic mass is 19.1. The molecule has 1 aliphatic heterocycles. The second kappa shape index (κ2) is 6.39. The van der Waals surface area contributed by atoms with Crippen LogP contribution in [0.1, 0.15) is 38.2 Å². The van der Waals surface area contributed by atoms with E-state index in [1.54, 1.807) is 6.07 Å². The highest BCUT2D eigenvalue weighted by Gasteiger charge is 2.29. The Morgan fingerprint density at radius 1 is 1.32 bits per heavy atom. The fourth-order valence-corrected chi connectivity index (χ4v) is 3.83. The molecule has 1 unspecified atom stereocenters. The van der Waals surface area contributed by atoms with Gasteiger partial charge in [-0.2, -0.15) is 0 Å². The van der Waals surface area contributed by atoms with Crippen LogP contribution in [-0.2, 0) is 0 Å². The third-order valence-corrected chi connectivity index (χ3v) is 5.20. The van der Waals surface area contributed by atoms with Crippen molar-refractivity contribution in [3.63, 3.8) is 0 Å². The predicted octanol–water partition coefficient (Wildman–Crippen LogP) is 3.47. The average molecular weight is 303 g/mol. The molecule has 3 rings (SSSR count). The van der Waals surface area contributed by atoms with Crippen LogP contribution < -0.4 is 5.73 Å². The summed E-state index contributed by atoms with van der Waals surface area (Å²) in [6.45, 7) is 7.40. The van der Waals surface area contributed by atoms with Crippen LogP contribution in [0.15, 0.2) is 24.4 Å². The Labute approximate surface area is 131 Å². The van der Waals surface area contributed by atoms with Crippen LogP contribution in [0.5, 0.6) is 0 Å². The summed E-state index contributed by atoms with van der Waals surface area (Å²) < 4.78 is 13.6. The van der Waals surface area contributed by atoms with E-state index < -0.39 is 0 Å². The molecule has 0 spiro atoms. The van der Waals surface area contributed by atoms with Gasteiger partial charge in [-0.05, 0) is 76.0 Å². The molecule has 0 saturated carbocycles. The fraction of sp³-hybridized carbons (Fsp3) is 0.556. The lowest BCUT2D eigenvalue weighted by atomic mass is 9.79. The first-order valence-corrected chi connectivity index (χ1v) is 8.30. The molecule has 3 nitrogen and oxygen atoms in total. The first-order chi connectivity index (χ1) is 10.6. The van der Waals surface area contributed by atoms with E-state index in [2.05, 4.69) is 23.7 Å². The Kier molecular flexibility index (Phi) is 4.50. The van der Waals surface area contributed by atoms with Crippen molar-refractivity contribution in [2.45, 2.75) is 38.6 Å². The summed E-state index contributed by atoms with van der Waals surface area (Å²) >= 11 is 0. The number of likely N-dealkylation sites (tertiary alicyclic amines) is 1. The molecule has 1 aliphatic rings. The molecule has 1 saturated heterocycles. The molecule has 0 amide bonds. The summed E-state index contributed by atoms with van der Waals surface area (Å²) in [5.74, 6) is 0.714. The van der Waals surface area contributed by atoms with Crippen LogP contribution in [0.3, 0.4) is 0 Å². The molecule has 3 N–H and O–H groups in total. The van der Waals surface area contributed by atoms with E-state index in [1.807, 2.05) is 12.3 Å².